The lowest BCUT2D eigenvalue weighted by molar-refractivity contribution is -0.137. The van der Waals surface area contributed by atoms with Crippen LogP contribution in [0.2, 0.25) is 0 Å². The molecule has 4 nitrogen and oxygen atoms in total. The Balaban J connectivity index is 2.10. The van der Waals surface area contributed by atoms with E-state index in [9.17, 15) is 22.4 Å². The Morgan fingerprint density at radius 1 is 1.07 bits per heavy atom. The third-order valence-corrected chi connectivity index (χ3v) is 5.00. The average Bonchev–Trinajstić information content (AvgIpc) is 2.96. The van der Waals surface area contributed by atoms with E-state index >= 15 is 0 Å². The monoisotopic (exact) mass is 407 g/mol. The van der Waals surface area contributed by atoms with E-state index in [1.807, 2.05) is 20.8 Å². The number of imidazole rings is 1. The number of rotatable bonds is 3. The van der Waals surface area contributed by atoms with Gasteiger partial charge >= 0.3 is 6.18 Å². The molecular weight excluding hydrogens is 386 g/mol. The number of aromatic nitrogens is 2. The predicted molar refractivity (Wildman–Crippen MR) is 103 cm³/mol. The molecule has 29 heavy (non-hydrogen) atoms. The number of anilines is 1. The molecule has 3 rings (SSSR count). The maximum atomic E-state index is 13.8. The normalized spacial score (nSPS) is 13.5. The summed E-state index contributed by atoms with van der Waals surface area (Å²) in [6.45, 7) is 7.55. The van der Waals surface area contributed by atoms with Gasteiger partial charge in [-0.25, -0.2) is 9.37 Å². The largest absolute Gasteiger partial charge is 0.416 e. The first-order valence-corrected chi connectivity index (χ1v) is 9.04. The number of amides is 1. The van der Waals surface area contributed by atoms with E-state index in [4.69, 9.17) is 0 Å². The minimum absolute atomic E-state index is 0.163. The van der Waals surface area contributed by atoms with Crippen molar-refractivity contribution in [3.8, 4) is 11.3 Å². The highest BCUT2D eigenvalue weighted by atomic mass is 19.4. The number of halogens is 4. The van der Waals surface area contributed by atoms with Crippen LogP contribution in [-0.2, 0) is 11.0 Å². The summed E-state index contributed by atoms with van der Waals surface area (Å²) in [5, 5.41) is 2.75. The zero-order chi connectivity index (χ0) is 21.6. The van der Waals surface area contributed by atoms with Gasteiger partial charge < -0.3 is 5.32 Å². The molecule has 0 bridgehead atoms. The highest BCUT2D eigenvalue weighted by Crippen LogP contribution is 2.34. The molecule has 0 aliphatic rings. The number of fused-ring (bicyclic) bond motifs is 1. The molecule has 2 aromatic heterocycles. The van der Waals surface area contributed by atoms with Gasteiger partial charge in [0.25, 0.3) is 0 Å². The quantitative estimate of drug-likeness (QED) is 0.560. The van der Waals surface area contributed by atoms with Crippen molar-refractivity contribution < 1.29 is 22.4 Å². The fourth-order valence-electron chi connectivity index (χ4n) is 2.82. The van der Waals surface area contributed by atoms with E-state index in [2.05, 4.69) is 10.3 Å². The molecular formula is C21H21F4N3O. The Hall–Kier alpha value is -2.90. The van der Waals surface area contributed by atoms with Crippen molar-refractivity contribution >= 4 is 17.4 Å². The van der Waals surface area contributed by atoms with Crippen LogP contribution >= 0.6 is 0 Å². The Bertz CT molecular complexity index is 1050. The SMILES string of the molecule is CC(C(=O)Nc1nc2ccc(F)cn2c1-c1ccc(C(F)(F)F)cc1)C(C)(C)C. The smallest absolute Gasteiger partial charge is 0.309 e. The van der Waals surface area contributed by atoms with Gasteiger partial charge in [0.15, 0.2) is 5.82 Å². The number of pyridine rings is 1. The second-order valence-corrected chi connectivity index (χ2v) is 8.04. The van der Waals surface area contributed by atoms with Gasteiger partial charge in [-0.3, -0.25) is 9.20 Å². The van der Waals surface area contributed by atoms with Crippen LogP contribution in [0.3, 0.4) is 0 Å². The molecule has 1 aromatic carbocycles. The van der Waals surface area contributed by atoms with Crippen LogP contribution in [0.5, 0.6) is 0 Å². The molecule has 0 aliphatic carbocycles. The zero-order valence-electron chi connectivity index (χ0n) is 16.4. The lowest BCUT2D eigenvalue weighted by Crippen LogP contribution is -2.31. The number of carbonyl (C=O) groups is 1. The molecule has 1 N–H and O–H groups in total. The van der Waals surface area contributed by atoms with Gasteiger partial charge in [0, 0.05) is 17.7 Å². The number of nitrogens with one attached hydrogen (secondary N) is 1. The molecule has 0 aliphatic heterocycles. The van der Waals surface area contributed by atoms with Crippen LogP contribution in [0.15, 0.2) is 42.6 Å². The highest BCUT2D eigenvalue weighted by Gasteiger charge is 2.31. The first kappa shape index (κ1) is 20.8. The fraction of sp³-hybridized carbons (Fsp3) is 0.333. The summed E-state index contributed by atoms with van der Waals surface area (Å²) in [6, 6.07) is 7.10. The fourth-order valence-corrected chi connectivity index (χ4v) is 2.82. The van der Waals surface area contributed by atoms with Crippen molar-refractivity contribution in [1.82, 2.24) is 9.38 Å². The van der Waals surface area contributed by atoms with Gasteiger partial charge in [-0.05, 0) is 29.7 Å². The third-order valence-electron chi connectivity index (χ3n) is 5.00. The second kappa shape index (κ2) is 7.17. The Kier molecular flexibility index (Phi) is 5.15. The number of hydrogen-bond acceptors (Lipinski definition) is 2. The van der Waals surface area contributed by atoms with Crippen LogP contribution in [0, 0.1) is 17.2 Å². The highest BCUT2D eigenvalue weighted by molar-refractivity contribution is 5.96. The number of nitrogens with zero attached hydrogens (tertiary/aromatic N) is 2. The maximum Gasteiger partial charge on any atom is 0.416 e. The predicted octanol–water partition coefficient (Wildman–Crippen LogP) is 5.78. The molecule has 2 heterocycles. The van der Waals surface area contributed by atoms with Crippen molar-refractivity contribution in [1.29, 1.82) is 0 Å². The van der Waals surface area contributed by atoms with Crippen LogP contribution in [0.25, 0.3) is 16.9 Å². The summed E-state index contributed by atoms with van der Waals surface area (Å²) in [7, 11) is 0. The van der Waals surface area contributed by atoms with Crippen molar-refractivity contribution in [2.45, 2.75) is 33.9 Å². The molecule has 1 unspecified atom stereocenters. The Morgan fingerprint density at radius 2 is 1.69 bits per heavy atom. The van der Waals surface area contributed by atoms with E-state index in [-0.39, 0.29) is 23.1 Å². The Labute approximate surface area is 165 Å². The third kappa shape index (κ3) is 4.26. The van der Waals surface area contributed by atoms with Gasteiger partial charge in [0.1, 0.15) is 11.5 Å². The minimum Gasteiger partial charge on any atom is -0.309 e. The molecule has 3 aromatic rings. The van der Waals surface area contributed by atoms with Gasteiger partial charge in [0.2, 0.25) is 5.91 Å². The number of benzene rings is 1. The first-order chi connectivity index (χ1) is 13.4. The van der Waals surface area contributed by atoms with Crippen molar-refractivity contribution in [3.05, 3.63) is 54.0 Å². The summed E-state index contributed by atoms with van der Waals surface area (Å²) < 4.78 is 53.9. The summed E-state index contributed by atoms with van der Waals surface area (Å²) in [5.41, 5.74) is -0.0603. The summed E-state index contributed by atoms with van der Waals surface area (Å²) in [5.74, 6) is -1.01. The maximum absolute atomic E-state index is 13.8. The van der Waals surface area contributed by atoms with Crippen LogP contribution < -0.4 is 5.32 Å². The van der Waals surface area contributed by atoms with Crippen molar-refractivity contribution in [2.24, 2.45) is 11.3 Å². The average molecular weight is 407 g/mol. The lowest BCUT2D eigenvalue weighted by Gasteiger charge is -2.25. The van der Waals surface area contributed by atoms with E-state index < -0.39 is 17.6 Å². The molecule has 0 saturated heterocycles. The Morgan fingerprint density at radius 3 is 2.24 bits per heavy atom. The molecule has 8 heteroatoms. The molecule has 0 spiro atoms. The summed E-state index contributed by atoms with van der Waals surface area (Å²) in [6.07, 6.45) is -3.29. The number of hydrogen-bond donors (Lipinski definition) is 1. The lowest BCUT2D eigenvalue weighted by atomic mass is 9.81. The number of alkyl halides is 3. The van der Waals surface area contributed by atoms with E-state index in [1.54, 1.807) is 6.92 Å². The van der Waals surface area contributed by atoms with Crippen LogP contribution in [-0.4, -0.2) is 15.3 Å². The van der Waals surface area contributed by atoms with E-state index in [0.717, 1.165) is 12.1 Å². The molecule has 1 atom stereocenters. The van der Waals surface area contributed by atoms with Gasteiger partial charge in [-0.15, -0.1) is 0 Å². The topological polar surface area (TPSA) is 46.4 Å². The van der Waals surface area contributed by atoms with Crippen molar-refractivity contribution in [3.63, 3.8) is 0 Å². The van der Waals surface area contributed by atoms with Gasteiger partial charge in [0.05, 0.1) is 11.3 Å². The first-order valence-electron chi connectivity index (χ1n) is 9.04. The van der Waals surface area contributed by atoms with Gasteiger partial charge in [-0.1, -0.05) is 39.8 Å². The molecule has 0 fully saturated rings. The summed E-state index contributed by atoms with van der Waals surface area (Å²) in [4.78, 5) is 17.0. The zero-order valence-corrected chi connectivity index (χ0v) is 16.4. The van der Waals surface area contributed by atoms with E-state index in [0.29, 0.717) is 16.9 Å². The van der Waals surface area contributed by atoms with Crippen molar-refractivity contribution in [2.75, 3.05) is 5.32 Å². The second-order valence-electron chi connectivity index (χ2n) is 8.04. The summed E-state index contributed by atoms with van der Waals surface area (Å²) >= 11 is 0. The minimum atomic E-state index is -4.47. The molecule has 154 valence electrons. The molecule has 1 amide bonds. The van der Waals surface area contributed by atoms with E-state index in [1.165, 1.54) is 34.9 Å². The van der Waals surface area contributed by atoms with Crippen LogP contribution in [0.4, 0.5) is 23.4 Å². The van der Waals surface area contributed by atoms with Gasteiger partial charge in [-0.2, -0.15) is 13.2 Å². The standard InChI is InChI=1S/C21H21F4N3O/c1-12(20(2,3)4)19(29)27-18-17(28-11-15(22)9-10-16(28)26-18)13-5-7-14(8-6-13)21(23,24)25/h5-12H,1-4H3,(H,27,29). The van der Waals surface area contributed by atoms with Crippen LogP contribution in [0.1, 0.15) is 33.3 Å². The number of carbonyl (C=O) groups excluding carboxylic acids is 1. The molecule has 0 saturated carbocycles. The molecule has 0 radical (unpaired) electrons.